The fourth-order valence-corrected chi connectivity index (χ4v) is 4.39. The highest BCUT2D eigenvalue weighted by Crippen LogP contribution is 2.44. The predicted molar refractivity (Wildman–Crippen MR) is 145 cm³/mol. The van der Waals surface area contributed by atoms with Crippen LogP contribution in [0.5, 0.6) is 11.5 Å². The Kier molecular flexibility index (Phi) is 10.3. The van der Waals surface area contributed by atoms with Crippen molar-refractivity contribution in [1.82, 2.24) is 0 Å². The molecule has 0 bridgehead atoms. The third-order valence-electron chi connectivity index (χ3n) is 6.43. The van der Waals surface area contributed by atoms with Gasteiger partial charge in [-0.2, -0.15) is 0 Å². The van der Waals surface area contributed by atoms with Crippen LogP contribution < -0.4 is 9.47 Å². The summed E-state index contributed by atoms with van der Waals surface area (Å²) < 4.78 is 23.0. The zero-order valence-electron chi connectivity index (χ0n) is 22.0. The minimum absolute atomic E-state index is 0.128. The van der Waals surface area contributed by atoms with Gasteiger partial charge in [0.25, 0.3) is 0 Å². The van der Waals surface area contributed by atoms with Crippen LogP contribution in [0.4, 0.5) is 0 Å². The van der Waals surface area contributed by atoms with Gasteiger partial charge in [0, 0.05) is 16.7 Å². The summed E-state index contributed by atoms with van der Waals surface area (Å²) in [6.45, 7) is 8.56. The van der Waals surface area contributed by atoms with Crippen LogP contribution in [0, 0.1) is 12.8 Å². The summed E-state index contributed by atoms with van der Waals surface area (Å²) in [5, 5.41) is 11.4. The maximum Gasteiger partial charge on any atom is 0.311 e. The lowest BCUT2D eigenvalue weighted by atomic mass is 9.87. The number of carbonyl (C=O) groups is 1. The molecule has 0 spiro atoms. The Labute approximate surface area is 219 Å². The third kappa shape index (κ3) is 6.79. The van der Waals surface area contributed by atoms with E-state index in [4.69, 9.17) is 18.9 Å². The van der Waals surface area contributed by atoms with E-state index in [0.29, 0.717) is 42.3 Å². The first-order valence-electron chi connectivity index (χ1n) is 12.3. The molecule has 3 aromatic carbocycles. The molecule has 3 aromatic rings. The maximum absolute atomic E-state index is 12.9. The molecule has 2 atom stereocenters. The molecule has 0 heterocycles. The van der Waals surface area contributed by atoms with Crippen molar-refractivity contribution in [2.45, 2.75) is 39.6 Å². The summed E-state index contributed by atoms with van der Waals surface area (Å²) >= 11 is 0. The second kappa shape index (κ2) is 13.6. The second-order valence-electron chi connectivity index (χ2n) is 8.82. The van der Waals surface area contributed by atoms with E-state index in [1.807, 2.05) is 67.6 Å². The van der Waals surface area contributed by atoms with Crippen molar-refractivity contribution in [3.8, 4) is 11.5 Å². The molecule has 0 aromatic heterocycles. The van der Waals surface area contributed by atoms with Crippen molar-refractivity contribution < 1.29 is 28.8 Å². The molecule has 0 aliphatic heterocycles. The third-order valence-corrected chi connectivity index (χ3v) is 6.43. The van der Waals surface area contributed by atoms with E-state index in [2.05, 4.69) is 6.58 Å². The Bertz CT molecular complexity index is 1170. The highest BCUT2D eigenvalue weighted by Gasteiger charge is 2.33. The zero-order valence-corrected chi connectivity index (χ0v) is 22.0. The van der Waals surface area contributed by atoms with Crippen LogP contribution in [0.3, 0.4) is 0 Å². The van der Waals surface area contributed by atoms with Gasteiger partial charge in [0.2, 0.25) is 0 Å². The van der Waals surface area contributed by atoms with Gasteiger partial charge in [-0.1, -0.05) is 73.3 Å². The normalized spacial score (nSPS) is 12.5. The molecule has 0 amide bonds. The van der Waals surface area contributed by atoms with Crippen LogP contribution >= 0.6 is 0 Å². The molecule has 37 heavy (non-hydrogen) atoms. The lowest BCUT2D eigenvalue weighted by molar-refractivity contribution is -0.153. The van der Waals surface area contributed by atoms with Gasteiger partial charge in [0.15, 0.2) is 0 Å². The Morgan fingerprint density at radius 2 is 1.51 bits per heavy atom. The van der Waals surface area contributed by atoms with Crippen molar-refractivity contribution in [2.24, 2.45) is 5.92 Å². The van der Waals surface area contributed by atoms with Crippen molar-refractivity contribution in [1.29, 1.82) is 0 Å². The highest BCUT2D eigenvalue weighted by atomic mass is 16.5. The predicted octanol–water partition coefficient (Wildman–Crippen LogP) is 5.83. The smallest absolute Gasteiger partial charge is 0.311 e. The summed E-state index contributed by atoms with van der Waals surface area (Å²) in [4.78, 5) is 12.9. The van der Waals surface area contributed by atoms with Crippen LogP contribution in [0.15, 0.2) is 67.2 Å². The monoisotopic (exact) mass is 504 g/mol. The van der Waals surface area contributed by atoms with Gasteiger partial charge in [0.05, 0.1) is 39.5 Å². The van der Waals surface area contributed by atoms with Crippen LogP contribution in [0.2, 0.25) is 0 Å². The van der Waals surface area contributed by atoms with E-state index in [1.165, 1.54) is 0 Å². The number of aliphatic hydroxyl groups excluding tert-OH is 1. The summed E-state index contributed by atoms with van der Waals surface area (Å²) in [6.07, 6.45) is 0.942. The molecule has 0 saturated carbocycles. The molecule has 196 valence electrons. The molecule has 0 saturated heterocycles. The quantitative estimate of drug-likeness (QED) is 0.233. The van der Waals surface area contributed by atoms with E-state index < -0.39 is 18.0 Å². The number of methoxy groups -OCH3 is 2. The number of hydrogen-bond acceptors (Lipinski definition) is 6. The molecule has 1 N–H and O–H groups in total. The topological polar surface area (TPSA) is 74.2 Å². The minimum atomic E-state index is -1.20. The minimum Gasteiger partial charge on any atom is -0.496 e. The number of ether oxygens (including phenoxy) is 4. The summed E-state index contributed by atoms with van der Waals surface area (Å²) in [5.74, 6) is -0.300. The van der Waals surface area contributed by atoms with Gasteiger partial charge >= 0.3 is 5.97 Å². The number of aliphatic hydroxyl groups is 1. The SMILES string of the molecule is C=Cc1c(OC)c(C)c(CCOCc2ccccc2)c(OC)c1[C@@H](O)[C@@H](C)C(=O)OCc1ccccc1. The van der Waals surface area contributed by atoms with Crippen LogP contribution in [0.25, 0.3) is 6.08 Å². The standard InChI is InChI=1S/C31H36O6/c1-6-25-27(28(32)22(3)31(33)37-20-24-15-11-8-12-16-24)30(35-5)26(21(2)29(25)34-4)17-18-36-19-23-13-9-7-10-14-23/h6-16,22,28,32H,1,17-20H2,2-5H3/t22-,28+/m1/s1. The van der Waals surface area contributed by atoms with Crippen LogP contribution in [0.1, 0.15) is 46.4 Å². The molecule has 0 aliphatic rings. The van der Waals surface area contributed by atoms with E-state index in [9.17, 15) is 9.90 Å². The number of rotatable bonds is 13. The van der Waals surface area contributed by atoms with E-state index in [-0.39, 0.29) is 6.61 Å². The number of carbonyl (C=O) groups excluding carboxylic acids is 1. The maximum atomic E-state index is 12.9. The summed E-state index contributed by atoms with van der Waals surface area (Å²) in [5.41, 5.74) is 4.70. The second-order valence-corrected chi connectivity index (χ2v) is 8.82. The molecule has 6 nitrogen and oxygen atoms in total. The largest absolute Gasteiger partial charge is 0.496 e. The number of esters is 1. The van der Waals surface area contributed by atoms with Gasteiger partial charge in [-0.05, 0) is 37.0 Å². The Balaban J connectivity index is 1.86. The molecule has 6 heteroatoms. The molecular formula is C31H36O6. The first-order valence-corrected chi connectivity index (χ1v) is 12.3. The lowest BCUT2D eigenvalue weighted by Gasteiger charge is -2.27. The summed E-state index contributed by atoms with van der Waals surface area (Å²) in [7, 11) is 3.13. The van der Waals surface area contributed by atoms with Crippen LogP contribution in [-0.4, -0.2) is 31.9 Å². The average molecular weight is 505 g/mol. The first-order chi connectivity index (χ1) is 17.9. The summed E-state index contributed by atoms with van der Waals surface area (Å²) in [6, 6.07) is 19.4. The average Bonchev–Trinajstić information content (AvgIpc) is 2.94. The Morgan fingerprint density at radius 3 is 2.05 bits per heavy atom. The van der Waals surface area contributed by atoms with Crippen molar-refractivity contribution in [3.63, 3.8) is 0 Å². The molecule has 3 rings (SSSR count). The van der Waals surface area contributed by atoms with Crippen molar-refractivity contribution >= 4 is 12.0 Å². The van der Waals surface area contributed by atoms with E-state index in [1.54, 1.807) is 27.2 Å². The fraction of sp³-hybridized carbons (Fsp3) is 0.323. The fourth-order valence-electron chi connectivity index (χ4n) is 4.39. The first kappa shape index (κ1) is 28.0. The molecule has 0 unspecified atom stereocenters. The van der Waals surface area contributed by atoms with Crippen molar-refractivity contribution in [3.05, 3.63) is 101 Å². The van der Waals surface area contributed by atoms with Gasteiger partial charge in [0.1, 0.15) is 18.1 Å². The van der Waals surface area contributed by atoms with E-state index >= 15 is 0 Å². The van der Waals surface area contributed by atoms with Gasteiger partial charge in [-0.25, -0.2) is 0 Å². The van der Waals surface area contributed by atoms with Gasteiger partial charge in [-0.3, -0.25) is 4.79 Å². The Hall–Kier alpha value is -3.61. The highest BCUT2D eigenvalue weighted by molar-refractivity contribution is 5.76. The van der Waals surface area contributed by atoms with Crippen LogP contribution in [-0.2, 0) is 33.9 Å². The number of hydrogen-bond donors (Lipinski definition) is 1. The number of benzene rings is 3. The zero-order chi connectivity index (χ0) is 26.8. The van der Waals surface area contributed by atoms with E-state index in [0.717, 1.165) is 22.3 Å². The molecule has 0 aliphatic carbocycles. The van der Waals surface area contributed by atoms with Gasteiger partial charge < -0.3 is 24.1 Å². The molecule has 0 fully saturated rings. The van der Waals surface area contributed by atoms with Gasteiger partial charge in [-0.15, -0.1) is 0 Å². The Morgan fingerprint density at radius 1 is 0.946 bits per heavy atom. The molecule has 0 radical (unpaired) electrons. The van der Waals surface area contributed by atoms with Crippen molar-refractivity contribution in [2.75, 3.05) is 20.8 Å². The lowest BCUT2D eigenvalue weighted by Crippen LogP contribution is -2.23. The molecular weight excluding hydrogens is 468 g/mol.